The van der Waals surface area contributed by atoms with E-state index in [2.05, 4.69) is 50.4 Å². The van der Waals surface area contributed by atoms with E-state index in [0.717, 1.165) is 49.2 Å². The van der Waals surface area contributed by atoms with E-state index in [1.165, 1.54) is 48.8 Å². The number of unbranched alkanes of at least 4 members (excludes halogenated alkanes) is 4. The third kappa shape index (κ3) is 10.9. The van der Waals surface area contributed by atoms with Gasteiger partial charge >= 0.3 is 0 Å². The fraction of sp³-hybridized carbons (Fsp3) is 0.548. The van der Waals surface area contributed by atoms with Crippen molar-refractivity contribution in [1.82, 2.24) is 0 Å². The van der Waals surface area contributed by atoms with Crippen molar-refractivity contribution in [2.45, 2.75) is 77.6 Å². The fourth-order valence-corrected chi connectivity index (χ4v) is 4.31. The van der Waals surface area contributed by atoms with Gasteiger partial charge < -0.3 is 19.7 Å². The van der Waals surface area contributed by atoms with Crippen LogP contribution in [-0.2, 0) is 11.2 Å². The lowest BCUT2D eigenvalue weighted by Gasteiger charge is -2.19. The van der Waals surface area contributed by atoms with Gasteiger partial charge in [-0.1, -0.05) is 63.0 Å². The summed E-state index contributed by atoms with van der Waals surface area (Å²) in [5.41, 5.74) is 4.83. The van der Waals surface area contributed by atoms with Crippen molar-refractivity contribution < 1.29 is 19.7 Å². The van der Waals surface area contributed by atoms with Gasteiger partial charge in [0.2, 0.25) is 0 Å². The third-order valence-corrected chi connectivity index (χ3v) is 6.44. The minimum absolute atomic E-state index is 0.0208. The first-order chi connectivity index (χ1) is 17.1. The molecule has 2 N–H and O–H groups in total. The highest BCUT2D eigenvalue weighted by molar-refractivity contribution is 5.78. The van der Waals surface area contributed by atoms with Gasteiger partial charge in [0.05, 0.1) is 19.0 Å². The Morgan fingerprint density at radius 2 is 1.89 bits per heavy atom. The zero-order valence-electron chi connectivity index (χ0n) is 21.8. The minimum atomic E-state index is -0.132. The summed E-state index contributed by atoms with van der Waals surface area (Å²) in [5, 5.41) is 18.5. The summed E-state index contributed by atoms with van der Waals surface area (Å²) in [6, 6.07) is 6.50. The van der Waals surface area contributed by atoms with Gasteiger partial charge in [0.15, 0.2) is 0 Å². The molecular formula is C31H46O4. The van der Waals surface area contributed by atoms with Crippen molar-refractivity contribution >= 4 is 5.57 Å². The van der Waals surface area contributed by atoms with Crippen LogP contribution in [-0.4, -0.2) is 36.6 Å². The van der Waals surface area contributed by atoms with Crippen molar-refractivity contribution in [1.29, 1.82) is 0 Å². The number of aliphatic hydroxyl groups excluding tert-OH is 2. The van der Waals surface area contributed by atoms with Gasteiger partial charge in [-0.15, -0.1) is 6.58 Å². The first-order valence-electron chi connectivity index (χ1n) is 13.4. The monoisotopic (exact) mass is 482 g/mol. The van der Waals surface area contributed by atoms with Crippen LogP contribution in [0.4, 0.5) is 0 Å². The molecule has 0 saturated heterocycles. The van der Waals surface area contributed by atoms with E-state index in [0.29, 0.717) is 19.6 Å². The molecule has 4 heteroatoms. The number of aliphatic hydroxyl groups is 2. The van der Waals surface area contributed by atoms with Crippen LogP contribution >= 0.6 is 0 Å². The molecule has 0 fully saturated rings. The maximum atomic E-state index is 9.27. The van der Waals surface area contributed by atoms with Crippen molar-refractivity contribution in [3.63, 3.8) is 0 Å². The predicted molar refractivity (Wildman–Crippen MR) is 146 cm³/mol. The van der Waals surface area contributed by atoms with Crippen LogP contribution in [0.2, 0.25) is 0 Å². The summed E-state index contributed by atoms with van der Waals surface area (Å²) in [6.45, 7) is 11.3. The SMILES string of the molecule is C=CCCOc1ccc(CCCCCCC)c(C2=CCCC(OCCC(=C)CC(CO)CO)=C2)c1. The van der Waals surface area contributed by atoms with Crippen LogP contribution in [0.5, 0.6) is 5.75 Å². The Morgan fingerprint density at radius 3 is 2.63 bits per heavy atom. The van der Waals surface area contributed by atoms with Gasteiger partial charge in [0, 0.05) is 32.0 Å². The molecule has 0 atom stereocenters. The molecule has 1 aromatic carbocycles. The van der Waals surface area contributed by atoms with E-state index in [9.17, 15) is 10.2 Å². The molecule has 0 spiro atoms. The van der Waals surface area contributed by atoms with E-state index >= 15 is 0 Å². The van der Waals surface area contributed by atoms with Crippen LogP contribution in [0.1, 0.15) is 82.3 Å². The average Bonchev–Trinajstić information content (AvgIpc) is 2.88. The van der Waals surface area contributed by atoms with Crippen LogP contribution in [0.25, 0.3) is 5.57 Å². The highest BCUT2D eigenvalue weighted by Gasteiger charge is 2.14. The molecule has 2 rings (SSSR count). The average molecular weight is 483 g/mol. The van der Waals surface area contributed by atoms with Crippen molar-refractivity contribution in [2.75, 3.05) is 26.4 Å². The van der Waals surface area contributed by atoms with Crippen LogP contribution in [0.3, 0.4) is 0 Å². The molecule has 1 aliphatic rings. The molecule has 1 aromatic rings. The van der Waals surface area contributed by atoms with Gasteiger partial charge in [-0.3, -0.25) is 0 Å². The highest BCUT2D eigenvalue weighted by Crippen LogP contribution is 2.32. The molecule has 1 aliphatic carbocycles. The van der Waals surface area contributed by atoms with Crippen molar-refractivity contribution in [2.24, 2.45) is 5.92 Å². The second-order valence-corrected chi connectivity index (χ2v) is 9.50. The summed E-state index contributed by atoms with van der Waals surface area (Å²) in [6.07, 6.45) is 17.8. The van der Waals surface area contributed by atoms with Gasteiger partial charge in [0.25, 0.3) is 0 Å². The van der Waals surface area contributed by atoms with Crippen LogP contribution in [0.15, 0.2) is 60.9 Å². The lowest BCUT2D eigenvalue weighted by molar-refractivity contribution is 0.147. The normalized spacial score (nSPS) is 13.4. The smallest absolute Gasteiger partial charge is 0.119 e. The molecule has 0 heterocycles. The zero-order chi connectivity index (χ0) is 25.3. The largest absolute Gasteiger partial charge is 0.498 e. The molecule has 0 bridgehead atoms. The first kappa shape index (κ1) is 28.9. The maximum Gasteiger partial charge on any atom is 0.119 e. The molecule has 0 unspecified atom stereocenters. The summed E-state index contributed by atoms with van der Waals surface area (Å²) >= 11 is 0. The predicted octanol–water partition coefficient (Wildman–Crippen LogP) is 7.17. The third-order valence-electron chi connectivity index (χ3n) is 6.44. The molecule has 4 nitrogen and oxygen atoms in total. The number of allylic oxidation sites excluding steroid dienone is 4. The maximum absolute atomic E-state index is 9.27. The first-order valence-corrected chi connectivity index (χ1v) is 13.4. The topological polar surface area (TPSA) is 58.9 Å². The lowest BCUT2D eigenvalue weighted by atomic mass is 9.91. The van der Waals surface area contributed by atoms with Crippen LogP contribution < -0.4 is 4.74 Å². The summed E-state index contributed by atoms with van der Waals surface area (Å²) < 4.78 is 12.1. The second kappa shape index (κ2) is 17.2. The Labute approximate surface area is 213 Å². The lowest BCUT2D eigenvalue weighted by Crippen LogP contribution is -2.12. The number of ether oxygens (including phenoxy) is 2. The van der Waals surface area contributed by atoms with Crippen molar-refractivity contribution in [3.8, 4) is 5.75 Å². The highest BCUT2D eigenvalue weighted by atomic mass is 16.5. The standard InChI is InChI=1S/C31H46O4/c1-4-6-8-9-10-12-27-15-16-30(34-18-7-5-2)22-31(27)28-13-11-14-29(21-28)35-19-17-25(3)20-26(23-32)24-33/h5,13,15-16,21-22,26,32-33H,2-4,6-12,14,17-20,23-24H2,1H3. The van der Waals surface area contributed by atoms with Crippen molar-refractivity contribution in [3.05, 3.63) is 72.0 Å². The number of hydrogen-bond acceptors (Lipinski definition) is 4. The van der Waals surface area contributed by atoms with Crippen LogP contribution in [0, 0.1) is 5.92 Å². The summed E-state index contributed by atoms with van der Waals surface area (Å²) in [5.74, 6) is 1.77. The molecular weight excluding hydrogens is 436 g/mol. The molecule has 194 valence electrons. The van der Waals surface area contributed by atoms with Gasteiger partial charge in [-0.25, -0.2) is 0 Å². The molecule has 35 heavy (non-hydrogen) atoms. The number of rotatable bonds is 19. The Balaban J connectivity index is 2.05. The second-order valence-electron chi connectivity index (χ2n) is 9.50. The Hall–Kier alpha value is -2.30. The Kier molecular flexibility index (Phi) is 14.2. The van der Waals surface area contributed by atoms with E-state index in [4.69, 9.17) is 9.47 Å². The Bertz CT molecular complexity index is 832. The zero-order valence-corrected chi connectivity index (χ0v) is 21.8. The van der Waals surface area contributed by atoms with Gasteiger partial charge in [-0.05, 0) is 67.0 Å². The summed E-state index contributed by atoms with van der Waals surface area (Å²) in [4.78, 5) is 0. The van der Waals surface area contributed by atoms with Gasteiger partial charge in [-0.2, -0.15) is 0 Å². The minimum Gasteiger partial charge on any atom is -0.498 e. The van der Waals surface area contributed by atoms with E-state index in [-0.39, 0.29) is 19.1 Å². The molecule has 0 radical (unpaired) electrons. The number of benzene rings is 1. The molecule has 0 aromatic heterocycles. The van der Waals surface area contributed by atoms with E-state index in [1.807, 2.05) is 6.08 Å². The van der Waals surface area contributed by atoms with Gasteiger partial charge in [0.1, 0.15) is 5.75 Å². The number of aryl methyl sites for hydroxylation is 1. The molecule has 0 amide bonds. The fourth-order valence-electron chi connectivity index (χ4n) is 4.31. The summed E-state index contributed by atoms with van der Waals surface area (Å²) in [7, 11) is 0. The molecule has 0 saturated carbocycles. The Morgan fingerprint density at radius 1 is 1.09 bits per heavy atom. The quantitative estimate of drug-likeness (QED) is 0.162. The number of hydrogen-bond donors (Lipinski definition) is 2. The molecule has 0 aliphatic heterocycles. The van der Waals surface area contributed by atoms with E-state index < -0.39 is 0 Å². The van der Waals surface area contributed by atoms with E-state index in [1.54, 1.807) is 0 Å².